The minimum atomic E-state index is -3.85. The average Bonchev–Trinajstić information content (AvgIpc) is 2.57. The zero-order valence-electron chi connectivity index (χ0n) is 12.7. The first kappa shape index (κ1) is 17.4. The molecule has 5 nitrogen and oxygen atoms in total. The average molecular weight is 389 g/mol. The summed E-state index contributed by atoms with van der Waals surface area (Å²) in [4.78, 5) is 0.0973. The fourth-order valence-electron chi connectivity index (χ4n) is 2.15. The summed E-state index contributed by atoms with van der Waals surface area (Å²) in [5.74, 6) is 0.749. The molecule has 128 valence electrons. The highest BCUT2D eigenvalue weighted by molar-refractivity contribution is 7.86. The molecular weight excluding hydrogens is 375 g/mol. The topological polar surface area (TPSA) is 61.8 Å². The maximum atomic E-state index is 12.2. The van der Waals surface area contributed by atoms with Gasteiger partial charge in [0.2, 0.25) is 0 Å². The second-order valence-electron chi connectivity index (χ2n) is 5.29. The summed E-state index contributed by atoms with van der Waals surface area (Å²) in [7, 11) is -3.85. The zero-order chi connectivity index (χ0) is 17.3. The van der Waals surface area contributed by atoms with Crippen LogP contribution in [0, 0.1) is 6.92 Å². The molecule has 8 heteroatoms. The van der Waals surface area contributed by atoms with Gasteiger partial charge in [0.25, 0.3) is 10.1 Å². The van der Waals surface area contributed by atoms with Crippen molar-refractivity contribution in [3.63, 3.8) is 0 Å². The molecule has 0 fully saturated rings. The summed E-state index contributed by atoms with van der Waals surface area (Å²) in [5, 5.41) is 0.622. The number of hydrogen-bond acceptors (Lipinski definition) is 5. The van der Waals surface area contributed by atoms with E-state index in [1.165, 1.54) is 12.1 Å². The lowest BCUT2D eigenvalue weighted by atomic mass is 10.2. The smallest absolute Gasteiger partial charge is 0.297 e. The molecule has 0 spiro atoms. The molecule has 2 aromatic rings. The van der Waals surface area contributed by atoms with Gasteiger partial charge in [-0.15, -0.1) is 0 Å². The molecule has 3 rings (SSSR count). The van der Waals surface area contributed by atoms with E-state index in [1.54, 1.807) is 24.3 Å². The molecule has 0 bridgehead atoms. The van der Waals surface area contributed by atoms with Gasteiger partial charge < -0.3 is 9.47 Å². The molecule has 1 aliphatic rings. The van der Waals surface area contributed by atoms with Crippen LogP contribution in [-0.2, 0) is 14.3 Å². The monoisotopic (exact) mass is 388 g/mol. The molecule has 24 heavy (non-hydrogen) atoms. The Bertz CT molecular complexity index is 850. The quantitative estimate of drug-likeness (QED) is 0.744. The van der Waals surface area contributed by atoms with E-state index in [2.05, 4.69) is 0 Å². The van der Waals surface area contributed by atoms with Crippen LogP contribution in [0.25, 0.3) is 0 Å². The van der Waals surface area contributed by atoms with E-state index in [0.29, 0.717) is 16.5 Å². The van der Waals surface area contributed by atoms with E-state index in [-0.39, 0.29) is 23.1 Å². The Morgan fingerprint density at radius 2 is 1.88 bits per heavy atom. The second kappa shape index (κ2) is 6.80. The normalized spacial score (nSPS) is 16.9. The molecule has 0 amide bonds. The van der Waals surface area contributed by atoms with Crippen molar-refractivity contribution in [3.8, 4) is 11.5 Å². The molecule has 1 unspecified atom stereocenters. The highest BCUT2D eigenvalue weighted by Crippen LogP contribution is 2.42. The first-order valence-electron chi connectivity index (χ1n) is 7.10. The van der Waals surface area contributed by atoms with Gasteiger partial charge in [-0.1, -0.05) is 40.9 Å². The Kier molecular flexibility index (Phi) is 4.92. The van der Waals surface area contributed by atoms with Gasteiger partial charge >= 0.3 is 0 Å². The number of fused-ring (bicyclic) bond motifs is 1. The summed E-state index contributed by atoms with van der Waals surface area (Å²) in [6.07, 6.45) is -0.574. The van der Waals surface area contributed by atoms with Crippen LogP contribution in [0.3, 0.4) is 0 Å². The largest absolute Gasteiger partial charge is 0.484 e. The van der Waals surface area contributed by atoms with Gasteiger partial charge in [0.05, 0.1) is 9.92 Å². The minimum Gasteiger partial charge on any atom is -0.484 e. The number of halogens is 2. The van der Waals surface area contributed by atoms with Crippen molar-refractivity contribution < 1.29 is 22.1 Å². The van der Waals surface area contributed by atoms with Gasteiger partial charge in [-0.2, -0.15) is 8.42 Å². The van der Waals surface area contributed by atoms with Gasteiger partial charge in [0.15, 0.2) is 17.6 Å². The van der Waals surface area contributed by atoms with Crippen molar-refractivity contribution in [2.45, 2.75) is 17.9 Å². The predicted molar refractivity (Wildman–Crippen MR) is 90.7 cm³/mol. The molecule has 1 atom stereocenters. The molecule has 1 aliphatic heterocycles. The summed E-state index contributed by atoms with van der Waals surface area (Å²) in [6, 6.07) is 9.61. The van der Waals surface area contributed by atoms with Crippen LogP contribution < -0.4 is 9.47 Å². The highest BCUT2D eigenvalue weighted by atomic mass is 35.5. The van der Waals surface area contributed by atoms with Crippen molar-refractivity contribution >= 4 is 33.3 Å². The number of rotatable bonds is 4. The summed E-state index contributed by atoms with van der Waals surface area (Å²) in [6.45, 7) is 1.81. The van der Waals surface area contributed by atoms with Crippen LogP contribution in [0.2, 0.25) is 10.0 Å². The van der Waals surface area contributed by atoms with Crippen molar-refractivity contribution in [1.82, 2.24) is 0 Å². The third kappa shape index (κ3) is 3.62. The van der Waals surface area contributed by atoms with Gasteiger partial charge in [0, 0.05) is 0 Å². The molecule has 1 heterocycles. The Morgan fingerprint density at radius 3 is 2.58 bits per heavy atom. The number of benzene rings is 2. The van der Waals surface area contributed by atoms with E-state index >= 15 is 0 Å². The predicted octanol–water partition coefficient (Wildman–Crippen LogP) is 3.85. The van der Waals surface area contributed by atoms with Crippen LogP contribution in [0.5, 0.6) is 11.5 Å². The van der Waals surface area contributed by atoms with Gasteiger partial charge in [0.1, 0.15) is 18.2 Å². The molecule has 0 saturated heterocycles. The molecular formula is C16H14Cl2O5S. The third-order valence-corrected chi connectivity index (χ3v) is 5.52. The maximum absolute atomic E-state index is 12.2. The van der Waals surface area contributed by atoms with Crippen LogP contribution in [-0.4, -0.2) is 27.7 Å². The van der Waals surface area contributed by atoms with E-state index in [9.17, 15) is 8.42 Å². The van der Waals surface area contributed by atoms with Gasteiger partial charge in [-0.3, -0.25) is 4.18 Å². The maximum Gasteiger partial charge on any atom is 0.297 e. The Morgan fingerprint density at radius 1 is 1.17 bits per heavy atom. The Labute approximate surface area is 150 Å². The lowest BCUT2D eigenvalue weighted by Crippen LogP contribution is -2.34. The summed E-state index contributed by atoms with van der Waals surface area (Å²) >= 11 is 11.9. The van der Waals surface area contributed by atoms with Crippen LogP contribution >= 0.6 is 23.2 Å². The molecule has 0 radical (unpaired) electrons. The molecule has 0 aromatic heterocycles. The van der Waals surface area contributed by atoms with Gasteiger partial charge in [-0.25, -0.2) is 0 Å². The van der Waals surface area contributed by atoms with Crippen molar-refractivity contribution in [2.75, 3.05) is 13.2 Å². The first-order valence-corrected chi connectivity index (χ1v) is 9.27. The number of hydrogen-bond donors (Lipinski definition) is 0. The fourth-order valence-corrected chi connectivity index (χ4v) is 3.45. The van der Waals surface area contributed by atoms with Gasteiger partial charge in [-0.05, 0) is 31.2 Å². The molecule has 0 aliphatic carbocycles. The molecule has 2 aromatic carbocycles. The Hall–Kier alpha value is -1.47. The SMILES string of the molecule is Cc1ccc(S(=O)(=O)OCC2COc3c(ccc(Cl)c3Cl)O2)cc1. The highest BCUT2D eigenvalue weighted by Gasteiger charge is 2.26. The van der Waals surface area contributed by atoms with E-state index in [1.807, 2.05) is 6.92 Å². The van der Waals surface area contributed by atoms with Crippen LogP contribution in [0.1, 0.15) is 5.56 Å². The second-order valence-corrected chi connectivity index (χ2v) is 7.69. The Balaban J connectivity index is 1.67. The standard InChI is InChI=1S/C16H14Cl2O5S/c1-10-2-4-12(5-3-10)24(19,20)22-9-11-8-21-16-14(23-11)7-6-13(17)15(16)18/h2-7,11H,8-9H2,1H3. The van der Waals surface area contributed by atoms with Crippen LogP contribution in [0.15, 0.2) is 41.3 Å². The van der Waals surface area contributed by atoms with Crippen molar-refractivity contribution in [2.24, 2.45) is 0 Å². The lowest BCUT2D eigenvalue weighted by molar-refractivity contribution is 0.0556. The zero-order valence-corrected chi connectivity index (χ0v) is 15.0. The number of aryl methyl sites for hydroxylation is 1. The van der Waals surface area contributed by atoms with Crippen molar-refractivity contribution in [3.05, 3.63) is 52.0 Å². The van der Waals surface area contributed by atoms with Crippen LogP contribution in [0.4, 0.5) is 0 Å². The van der Waals surface area contributed by atoms with E-state index < -0.39 is 16.2 Å². The summed E-state index contributed by atoms with van der Waals surface area (Å²) in [5.41, 5.74) is 0.963. The first-order chi connectivity index (χ1) is 11.4. The molecule has 0 saturated carbocycles. The summed E-state index contributed by atoms with van der Waals surface area (Å²) < 4.78 is 40.6. The minimum absolute atomic E-state index is 0.0973. The number of ether oxygens (including phenoxy) is 2. The van der Waals surface area contributed by atoms with E-state index in [0.717, 1.165) is 5.56 Å². The van der Waals surface area contributed by atoms with E-state index in [4.69, 9.17) is 36.9 Å². The lowest BCUT2D eigenvalue weighted by Gasteiger charge is -2.27. The van der Waals surface area contributed by atoms with Crippen molar-refractivity contribution in [1.29, 1.82) is 0 Å². The fraction of sp³-hybridized carbons (Fsp3) is 0.250. The third-order valence-electron chi connectivity index (χ3n) is 3.44. The molecule has 0 N–H and O–H groups in total.